The molecule has 9 heteroatoms. The maximum atomic E-state index is 7.59. The summed E-state index contributed by atoms with van der Waals surface area (Å²) in [5.41, 5.74) is 5.58. The molecule has 0 heterocycles. The minimum Gasteiger partial charge on any atom is -0.379 e. The first-order chi connectivity index (χ1) is 12.7. The van der Waals surface area contributed by atoms with Crippen molar-refractivity contribution in [1.29, 1.82) is 5.41 Å². The summed E-state index contributed by atoms with van der Waals surface area (Å²) < 4.78 is 32.0. The highest BCUT2D eigenvalue weighted by atomic mass is 16.5. The third-order valence-electron chi connectivity index (χ3n) is 3.25. The van der Waals surface area contributed by atoms with Crippen molar-refractivity contribution in [3.05, 3.63) is 0 Å². The van der Waals surface area contributed by atoms with E-state index in [0.717, 1.165) is 0 Å². The third-order valence-corrected chi connectivity index (χ3v) is 3.25. The van der Waals surface area contributed by atoms with E-state index in [1.54, 1.807) is 4.90 Å². The summed E-state index contributed by atoms with van der Waals surface area (Å²) >= 11 is 0. The fraction of sp³-hybridized carbons (Fsp3) is 0.941. The molecule has 3 N–H and O–H groups in total. The van der Waals surface area contributed by atoms with E-state index >= 15 is 0 Å². The summed E-state index contributed by atoms with van der Waals surface area (Å²) in [5, 5.41) is 7.59. The van der Waals surface area contributed by atoms with Crippen LogP contribution in [0.15, 0.2) is 0 Å². The van der Waals surface area contributed by atoms with E-state index in [0.29, 0.717) is 92.4 Å². The predicted octanol–water partition coefficient (Wildman–Crippen LogP) is 0.321. The van der Waals surface area contributed by atoms with Gasteiger partial charge in [-0.2, -0.15) is 0 Å². The fourth-order valence-corrected chi connectivity index (χ4v) is 1.87. The monoisotopic (exact) mass is 379 g/mol. The number of hydrogen-bond donors (Lipinski definition) is 2. The smallest absolute Gasteiger partial charge is 0.188 e. The van der Waals surface area contributed by atoms with Gasteiger partial charge >= 0.3 is 0 Å². The zero-order chi connectivity index (χ0) is 19.3. The summed E-state index contributed by atoms with van der Waals surface area (Å²) in [7, 11) is 0. The minimum absolute atomic E-state index is 0.0122. The Labute approximate surface area is 157 Å². The lowest BCUT2D eigenvalue weighted by atomic mass is 10.5. The number of rotatable bonds is 20. The largest absolute Gasteiger partial charge is 0.379 e. The highest BCUT2D eigenvalue weighted by Gasteiger charge is 2.06. The Morgan fingerprint density at radius 2 is 0.923 bits per heavy atom. The first kappa shape index (κ1) is 25.0. The van der Waals surface area contributed by atoms with Gasteiger partial charge in [0.1, 0.15) is 0 Å². The summed E-state index contributed by atoms with van der Waals surface area (Å²) in [6.45, 7) is 11.8. The van der Waals surface area contributed by atoms with Gasteiger partial charge in [0.25, 0.3) is 0 Å². The third kappa shape index (κ3) is 17.8. The van der Waals surface area contributed by atoms with Gasteiger partial charge in [0.2, 0.25) is 0 Å². The van der Waals surface area contributed by atoms with Crippen LogP contribution in [0, 0.1) is 5.41 Å². The summed E-state index contributed by atoms with van der Waals surface area (Å²) in [5.74, 6) is 0.0122. The van der Waals surface area contributed by atoms with Gasteiger partial charge < -0.3 is 39.1 Å². The standard InChI is InChI=1S/C17H37N3O6/c1-3-21-9-11-25-15-13-23-7-5-20(17(18)19)6-8-24-14-16-26-12-10-22-4-2/h3-16H2,1-2H3,(H3,18,19). The van der Waals surface area contributed by atoms with Crippen molar-refractivity contribution in [2.45, 2.75) is 13.8 Å². The average molecular weight is 379 g/mol. The number of guanidine groups is 1. The fourth-order valence-electron chi connectivity index (χ4n) is 1.87. The number of nitrogens with two attached hydrogens (primary N) is 1. The summed E-state index contributed by atoms with van der Waals surface area (Å²) in [4.78, 5) is 1.71. The predicted molar refractivity (Wildman–Crippen MR) is 99.7 cm³/mol. The lowest BCUT2D eigenvalue weighted by Crippen LogP contribution is -2.41. The van der Waals surface area contributed by atoms with E-state index in [1.807, 2.05) is 13.8 Å². The minimum atomic E-state index is 0.0122. The second kappa shape index (κ2) is 20.3. The van der Waals surface area contributed by atoms with Crippen LogP contribution in [-0.2, 0) is 28.4 Å². The highest BCUT2D eigenvalue weighted by Crippen LogP contribution is 1.90. The molecule has 0 saturated carbocycles. The van der Waals surface area contributed by atoms with Crippen LogP contribution in [0.2, 0.25) is 0 Å². The topological polar surface area (TPSA) is 108 Å². The van der Waals surface area contributed by atoms with E-state index < -0.39 is 0 Å². The van der Waals surface area contributed by atoms with E-state index in [1.165, 1.54) is 0 Å². The molecule has 0 aliphatic carbocycles. The van der Waals surface area contributed by atoms with Crippen LogP contribution >= 0.6 is 0 Å². The molecule has 0 unspecified atom stereocenters. The van der Waals surface area contributed by atoms with Crippen LogP contribution in [0.1, 0.15) is 13.8 Å². The molecule has 0 aromatic carbocycles. The van der Waals surface area contributed by atoms with Crippen molar-refractivity contribution in [3.63, 3.8) is 0 Å². The normalized spacial score (nSPS) is 11.0. The SMILES string of the molecule is CCOCCOCCOCCN(CCOCCOCCOCC)C(=N)N. The molecular weight excluding hydrogens is 342 g/mol. The Kier molecular flexibility index (Phi) is 19.6. The van der Waals surface area contributed by atoms with Gasteiger partial charge in [0.15, 0.2) is 5.96 Å². The number of nitrogens with zero attached hydrogens (tertiary/aromatic N) is 1. The lowest BCUT2D eigenvalue weighted by Gasteiger charge is -2.22. The molecule has 0 rings (SSSR count). The molecule has 0 aliphatic heterocycles. The molecule has 0 fully saturated rings. The molecule has 0 saturated heterocycles. The Balaban J connectivity index is 3.47. The Morgan fingerprint density at radius 3 is 1.23 bits per heavy atom. The second-order valence-electron chi connectivity index (χ2n) is 5.22. The average Bonchev–Trinajstić information content (AvgIpc) is 2.63. The van der Waals surface area contributed by atoms with Gasteiger partial charge in [0, 0.05) is 26.3 Å². The molecule has 26 heavy (non-hydrogen) atoms. The molecule has 0 radical (unpaired) electrons. The molecule has 156 valence electrons. The van der Waals surface area contributed by atoms with Gasteiger partial charge in [-0.15, -0.1) is 0 Å². The first-order valence-electron chi connectivity index (χ1n) is 9.27. The molecule has 0 atom stereocenters. The van der Waals surface area contributed by atoms with Gasteiger partial charge in [-0.25, -0.2) is 0 Å². The molecule has 0 aromatic rings. The molecule has 0 bridgehead atoms. The Hall–Kier alpha value is -0.970. The Bertz CT molecular complexity index is 288. The molecule has 0 aliphatic rings. The molecule has 0 spiro atoms. The maximum absolute atomic E-state index is 7.59. The van der Waals surface area contributed by atoms with Crippen LogP contribution in [0.25, 0.3) is 0 Å². The second-order valence-corrected chi connectivity index (χ2v) is 5.22. The number of ether oxygens (including phenoxy) is 6. The van der Waals surface area contributed by atoms with Gasteiger partial charge in [0.05, 0.1) is 66.1 Å². The number of nitrogens with one attached hydrogen (secondary N) is 1. The molecular formula is C17H37N3O6. The molecule has 9 nitrogen and oxygen atoms in total. The van der Waals surface area contributed by atoms with Crippen LogP contribution in [0.5, 0.6) is 0 Å². The van der Waals surface area contributed by atoms with Crippen LogP contribution in [-0.4, -0.2) is 103 Å². The van der Waals surface area contributed by atoms with Crippen molar-refractivity contribution >= 4 is 5.96 Å². The van der Waals surface area contributed by atoms with E-state index in [9.17, 15) is 0 Å². The highest BCUT2D eigenvalue weighted by molar-refractivity contribution is 5.74. The zero-order valence-corrected chi connectivity index (χ0v) is 16.4. The van der Waals surface area contributed by atoms with Crippen molar-refractivity contribution < 1.29 is 28.4 Å². The Morgan fingerprint density at radius 1 is 0.615 bits per heavy atom. The quantitative estimate of drug-likeness (QED) is 0.177. The van der Waals surface area contributed by atoms with Gasteiger partial charge in [-0.1, -0.05) is 0 Å². The lowest BCUT2D eigenvalue weighted by molar-refractivity contribution is 0.00915. The summed E-state index contributed by atoms with van der Waals surface area (Å²) in [6, 6.07) is 0. The van der Waals surface area contributed by atoms with Crippen molar-refractivity contribution in [2.24, 2.45) is 5.73 Å². The van der Waals surface area contributed by atoms with Gasteiger partial charge in [-0.05, 0) is 13.8 Å². The van der Waals surface area contributed by atoms with E-state index in [4.69, 9.17) is 39.6 Å². The van der Waals surface area contributed by atoms with Crippen LogP contribution in [0.4, 0.5) is 0 Å². The van der Waals surface area contributed by atoms with E-state index in [-0.39, 0.29) is 5.96 Å². The van der Waals surface area contributed by atoms with E-state index in [2.05, 4.69) is 0 Å². The number of hydrogen-bond acceptors (Lipinski definition) is 7. The van der Waals surface area contributed by atoms with Crippen molar-refractivity contribution in [3.8, 4) is 0 Å². The first-order valence-corrected chi connectivity index (χ1v) is 9.27. The molecule has 0 amide bonds. The van der Waals surface area contributed by atoms with Crippen LogP contribution in [0.3, 0.4) is 0 Å². The molecule has 0 aromatic heterocycles. The van der Waals surface area contributed by atoms with Gasteiger partial charge in [-0.3, -0.25) is 5.41 Å². The van der Waals surface area contributed by atoms with Crippen molar-refractivity contribution in [2.75, 3.05) is 92.4 Å². The summed E-state index contributed by atoms with van der Waals surface area (Å²) in [6.07, 6.45) is 0. The maximum Gasteiger partial charge on any atom is 0.188 e. The van der Waals surface area contributed by atoms with Crippen LogP contribution < -0.4 is 5.73 Å². The van der Waals surface area contributed by atoms with Crippen molar-refractivity contribution in [1.82, 2.24) is 4.90 Å². The zero-order valence-electron chi connectivity index (χ0n) is 16.4.